The van der Waals surface area contributed by atoms with E-state index in [4.69, 9.17) is 4.74 Å². The average Bonchev–Trinajstić information content (AvgIpc) is 2.33. The molecule has 0 fully saturated rings. The lowest BCUT2D eigenvalue weighted by molar-refractivity contribution is -0.139. The predicted molar refractivity (Wildman–Crippen MR) is 80.3 cm³/mol. The topological polar surface area (TPSA) is 75.6 Å². The first-order valence-electron chi connectivity index (χ1n) is 6.96. The molecular formula is C16H23NO4. The van der Waals surface area contributed by atoms with Crippen molar-refractivity contribution >= 4 is 12.1 Å². The molecule has 1 aromatic rings. The van der Waals surface area contributed by atoms with Crippen LogP contribution in [0, 0.1) is 6.92 Å². The van der Waals surface area contributed by atoms with Crippen molar-refractivity contribution in [3.8, 4) is 0 Å². The van der Waals surface area contributed by atoms with Crippen molar-refractivity contribution in [2.75, 3.05) is 0 Å². The number of hydrogen-bond donors (Lipinski definition) is 2. The highest BCUT2D eigenvalue weighted by Gasteiger charge is 2.23. The van der Waals surface area contributed by atoms with E-state index in [-0.39, 0.29) is 0 Å². The SMILES string of the molecule is Cc1ccccc1CC[C@@H](NC(=O)OC(C)(C)C)C(=O)O. The first-order chi connectivity index (χ1) is 9.69. The molecule has 0 aliphatic carbocycles. The lowest BCUT2D eigenvalue weighted by atomic mass is 10.0. The van der Waals surface area contributed by atoms with E-state index in [1.165, 1.54) is 0 Å². The summed E-state index contributed by atoms with van der Waals surface area (Å²) >= 11 is 0. The Hall–Kier alpha value is -2.04. The monoisotopic (exact) mass is 293 g/mol. The summed E-state index contributed by atoms with van der Waals surface area (Å²) in [5.41, 5.74) is 1.54. The molecule has 0 aromatic heterocycles. The first-order valence-corrected chi connectivity index (χ1v) is 6.96. The van der Waals surface area contributed by atoms with Gasteiger partial charge in [0.25, 0.3) is 0 Å². The quantitative estimate of drug-likeness (QED) is 0.875. The molecule has 0 bridgehead atoms. The van der Waals surface area contributed by atoms with Gasteiger partial charge in [-0.15, -0.1) is 0 Å². The molecule has 0 heterocycles. The van der Waals surface area contributed by atoms with Crippen molar-refractivity contribution in [3.05, 3.63) is 35.4 Å². The largest absolute Gasteiger partial charge is 0.480 e. The minimum Gasteiger partial charge on any atom is -0.480 e. The molecule has 1 amide bonds. The second kappa shape index (κ2) is 7.11. The van der Waals surface area contributed by atoms with E-state index in [2.05, 4.69) is 5.32 Å². The zero-order valence-corrected chi connectivity index (χ0v) is 13.0. The lowest BCUT2D eigenvalue weighted by Gasteiger charge is -2.22. The molecule has 0 spiro atoms. The van der Waals surface area contributed by atoms with Crippen LogP contribution in [0.15, 0.2) is 24.3 Å². The number of carbonyl (C=O) groups is 2. The number of carboxylic acids is 1. The number of aliphatic carboxylic acids is 1. The molecule has 0 unspecified atom stereocenters. The van der Waals surface area contributed by atoms with E-state index in [1.54, 1.807) is 20.8 Å². The number of ether oxygens (including phenoxy) is 1. The average molecular weight is 293 g/mol. The molecule has 1 aromatic carbocycles. The Balaban J connectivity index is 2.61. The van der Waals surface area contributed by atoms with E-state index in [0.29, 0.717) is 12.8 Å². The van der Waals surface area contributed by atoms with Crippen LogP contribution in [-0.2, 0) is 16.0 Å². The van der Waals surface area contributed by atoms with Gasteiger partial charge in [-0.25, -0.2) is 9.59 Å². The molecule has 21 heavy (non-hydrogen) atoms. The van der Waals surface area contributed by atoms with Crippen molar-refractivity contribution in [3.63, 3.8) is 0 Å². The molecule has 1 rings (SSSR count). The van der Waals surface area contributed by atoms with Gasteiger partial charge in [0.1, 0.15) is 11.6 Å². The maximum absolute atomic E-state index is 11.7. The second-order valence-corrected chi connectivity index (χ2v) is 6.00. The smallest absolute Gasteiger partial charge is 0.408 e. The van der Waals surface area contributed by atoms with Crippen molar-refractivity contribution in [2.45, 2.75) is 52.2 Å². The number of alkyl carbamates (subject to hydrolysis) is 1. The van der Waals surface area contributed by atoms with Crippen LogP contribution >= 0.6 is 0 Å². The van der Waals surface area contributed by atoms with E-state index < -0.39 is 23.7 Å². The number of carboxylic acid groups (broad SMARTS) is 1. The van der Waals surface area contributed by atoms with Crippen LogP contribution in [0.2, 0.25) is 0 Å². The summed E-state index contributed by atoms with van der Waals surface area (Å²) in [7, 11) is 0. The zero-order valence-electron chi connectivity index (χ0n) is 13.0. The van der Waals surface area contributed by atoms with Gasteiger partial charge in [-0.1, -0.05) is 24.3 Å². The molecule has 5 heteroatoms. The Kier molecular flexibility index (Phi) is 5.76. The molecule has 5 nitrogen and oxygen atoms in total. The van der Waals surface area contributed by atoms with E-state index >= 15 is 0 Å². The van der Waals surface area contributed by atoms with Gasteiger partial charge >= 0.3 is 12.1 Å². The van der Waals surface area contributed by atoms with Crippen LogP contribution in [0.5, 0.6) is 0 Å². The molecule has 116 valence electrons. The Morgan fingerprint density at radius 1 is 1.29 bits per heavy atom. The second-order valence-electron chi connectivity index (χ2n) is 6.00. The van der Waals surface area contributed by atoms with E-state index in [9.17, 15) is 14.7 Å². The highest BCUT2D eigenvalue weighted by molar-refractivity contribution is 5.80. The number of hydrogen-bond acceptors (Lipinski definition) is 3. The fourth-order valence-electron chi connectivity index (χ4n) is 1.90. The minimum absolute atomic E-state index is 0.319. The molecule has 1 atom stereocenters. The number of carbonyl (C=O) groups excluding carboxylic acids is 1. The van der Waals surface area contributed by atoms with Crippen LogP contribution < -0.4 is 5.32 Å². The zero-order chi connectivity index (χ0) is 16.0. The number of benzene rings is 1. The first kappa shape index (κ1) is 17.0. The van der Waals surface area contributed by atoms with Gasteiger partial charge in [-0.3, -0.25) is 0 Å². The normalized spacial score (nSPS) is 12.6. The van der Waals surface area contributed by atoms with Crippen LogP contribution in [0.1, 0.15) is 38.3 Å². The fraction of sp³-hybridized carbons (Fsp3) is 0.500. The molecule has 0 aliphatic rings. The van der Waals surface area contributed by atoms with Crippen LogP contribution in [0.4, 0.5) is 4.79 Å². The van der Waals surface area contributed by atoms with Gasteiger partial charge in [0.15, 0.2) is 0 Å². The van der Waals surface area contributed by atoms with Crippen molar-refractivity contribution < 1.29 is 19.4 Å². The van der Waals surface area contributed by atoms with Crippen molar-refractivity contribution in [2.24, 2.45) is 0 Å². The predicted octanol–water partition coefficient (Wildman–Crippen LogP) is 2.91. The molecule has 2 N–H and O–H groups in total. The summed E-state index contributed by atoms with van der Waals surface area (Å²) in [6.45, 7) is 7.17. The maximum atomic E-state index is 11.7. The summed E-state index contributed by atoms with van der Waals surface area (Å²) in [5, 5.41) is 11.6. The molecular weight excluding hydrogens is 270 g/mol. The van der Waals surface area contributed by atoms with Gasteiger partial charge in [0.2, 0.25) is 0 Å². The Labute approximate surface area is 125 Å². The van der Waals surface area contributed by atoms with Crippen LogP contribution in [0.25, 0.3) is 0 Å². The third-order valence-electron chi connectivity index (χ3n) is 2.95. The van der Waals surface area contributed by atoms with Crippen molar-refractivity contribution in [1.29, 1.82) is 0 Å². The van der Waals surface area contributed by atoms with Gasteiger partial charge in [-0.05, 0) is 51.7 Å². The standard InChI is InChI=1S/C16H23NO4/c1-11-7-5-6-8-12(11)9-10-13(14(18)19)17-15(20)21-16(2,3)4/h5-8,13H,9-10H2,1-4H3,(H,17,20)(H,18,19)/t13-/m1/s1. The maximum Gasteiger partial charge on any atom is 0.408 e. The summed E-state index contributed by atoms with van der Waals surface area (Å²) in [6, 6.07) is 6.83. The van der Waals surface area contributed by atoms with E-state index in [0.717, 1.165) is 11.1 Å². The van der Waals surface area contributed by atoms with E-state index in [1.807, 2.05) is 31.2 Å². The Morgan fingerprint density at radius 2 is 1.90 bits per heavy atom. The van der Waals surface area contributed by atoms with Crippen molar-refractivity contribution in [1.82, 2.24) is 5.32 Å². The molecule has 0 saturated heterocycles. The lowest BCUT2D eigenvalue weighted by Crippen LogP contribution is -2.43. The Morgan fingerprint density at radius 3 is 2.43 bits per heavy atom. The van der Waals surface area contributed by atoms with Gasteiger partial charge in [0.05, 0.1) is 0 Å². The van der Waals surface area contributed by atoms with Crippen LogP contribution in [0.3, 0.4) is 0 Å². The molecule has 0 radical (unpaired) electrons. The third kappa shape index (κ3) is 6.29. The van der Waals surface area contributed by atoms with Crippen LogP contribution in [-0.4, -0.2) is 28.8 Å². The number of aryl methyl sites for hydroxylation is 2. The number of amides is 1. The van der Waals surface area contributed by atoms with Gasteiger partial charge in [0, 0.05) is 0 Å². The summed E-state index contributed by atoms with van der Waals surface area (Å²) in [5.74, 6) is -1.06. The Bertz CT molecular complexity index is 505. The number of nitrogens with one attached hydrogen (secondary N) is 1. The highest BCUT2D eigenvalue weighted by atomic mass is 16.6. The number of rotatable bonds is 5. The summed E-state index contributed by atoms with van der Waals surface area (Å²) < 4.78 is 5.08. The third-order valence-corrected chi connectivity index (χ3v) is 2.95. The van der Waals surface area contributed by atoms with Gasteiger partial charge in [-0.2, -0.15) is 0 Å². The molecule has 0 aliphatic heterocycles. The highest BCUT2D eigenvalue weighted by Crippen LogP contribution is 2.12. The minimum atomic E-state index is -1.06. The fourth-order valence-corrected chi connectivity index (χ4v) is 1.90. The molecule has 0 saturated carbocycles. The van der Waals surface area contributed by atoms with Gasteiger partial charge < -0.3 is 15.2 Å². The summed E-state index contributed by atoms with van der Waals surface area (Å²) in [6.07, 6.45) is 0.193. The summed E-state index contributed by atoms with van der Waals surface area (Å²) in [4.78, 5) is 22.9.